The molecule has 0 aliphatic rings. The molecule has 0 spiro atoms. The molecule has 0 saturated carbocycles. The van der Waals surface area contributed by atoms with Crippen LogP contribution in [0.25, 0.3) is 10.8 Å². The number of rotatable bonds is 6. The van der Waals surface area contributed by atoms with Crippen LogP contribution in [-0.2, 0) is 23.1 Å². The number of sulfonamides is 1. The van der Waals surface area contributed by atoms with Crippen LogP contribution in [0.2, 0.25) is 0 Å². The van der Waals surface area contributed by atoms with Gasteiger partial charge in [-0.1, -0.05) is 42.5 Å². The van der Waals surface area contributed by atoms with Crippen molar-refractivity contribution in [2.75, 3.05) is 0 Å². The van der Waals surface area contributed by atoms with Crippen molar-refractivity contribution in [3.8, 4) is 0 Å². The van der Waals surface area contributed by atoms with Gasteiger partial charge in [-0.15, -0.1) is 0 Å². The van der Waals surface area contributed by atoms with Crippen LogP contribution in [0.1, 0.15) is 11.3 Å². The maximum absolute atomic E-state index is 13.6. The van der Waals surface area contributed by atoms with Gasteiger partial charge >= 0.3 is 0 Å². The van der Waals surface area contributed by atoms with Gasteiger partial charge in [-0.05, 0) is 46.0 Å². The summed E-state index contributed by atoms with van der Waals surface area (Å²) in [5.41, 5.74) is 1.69. The number of hydrogen-bond acceptors (Lipinski definition) is 4. The van der Waals surface area contributed by atoms with Crippen LogP contribution in [-0.4, -0.2) is 17.7 Å². The minimum Gasteiger partial charge on any atom is -0.260 e. The lowest BCUT2D eigenvalue weighted by molar-refractivity contribution is 0.398. The maximum atomic E-state index is 13.6. The Morgan fingerprint density at radius 2 is 1.70 bits per heavy atom. The van der Waals surface area contributed by atoms with E-state index in [1.807, 2.05) is 65.4 Å². The van der Waals surface area contributed by atoms with Crippen LogP contribution in [0, 0.1) is 0 Å². The second-order valence-corrected chi connectivity index (χ2v) is 8.89. The summed E-state index contributed by atoms with van der Waals surface area (Å²) in [5, 5.41) is 5.58. The molecule has 0 aliphatic heterocycles. The average molecular weight is 395 g/mol. The lowest BCUT2D eigenvalue weighted by Gasteiger charge is -2.22. The third-order valence-corrected chi connectivity index (χ3v) is 6.95. The third kappa shape index (κ3) is 3.78. The zero-order valence-corrected chi connectivity index (χ0v) is 16.2. The fourth-order valence-corrected chi connectivity index (χ4v) is 5.32. The van der Waals surface area contributed by atoms with E-state index in [1.54, 1.807) is 29.7 Å². The highest BCUT2D eigenvalue weighted by atomic mass is 32.2. The number of benzene rings is 2. The summed E-state index contributed by atoms with van der Waals surface area (Å²) in [4.78, 5) is 4.64. The monoisotopic (exact) mass is 394 g/mol. The molecular weight excluding hydrogens is 376 g/mol. The molecule has 0 bridgehead atoms. The van der Waals surface area contributed by atoms with Crippen LogP contribution in [0.15, 0.2) is 88.6 Å². The summed E-state index contributed by atoms with van der Waals surface area (Å²) in [6.07, 6.45) is 1.68. The molecule has 0 amide bonds. The molecule has 0 N–H and O–H groups in total. The first-order valence-electron chi connectivity index (χ1n) is 8.53. The standard InChI is InChI=1S/C21H18N2O2S2/c24-27(25,21-10-5-7-18-6-1-2-9-20(18)21)23(14-17-11-13-26-16-17)15-19-8-3-4-12-22-19/h1-13,16H,14-15H2. The Hall–Kier alpha value is -2.54. The van der Waals surface area contributed by atoms with E-state index in [1.165, 1.54) is 4.31 Å². The van der Waals surface area contributed by atoms with Crippen molar-refractivity contribution < 1.29 is 8.42 Å². The molecule has 4 aromatic rings. The van der Waals surface area contributed by atoms with E-state index < -0.39 is 10.0 Å². The fraction of sp³-hybridized carbons (Fsp3) is 0.0952. The van der Waals surface area contributed by atoms with Gasteiger partial charge < -0.3 is 0 Å². The Labute approximate surface area is 162 Å². The number of pyridine rings is 1. The molecule has 136 valence electrons. The van der Waals surface area contributed by atoms with Crippen molar-refractivity contribution in [3.05, 3.63) is 94.9 Å². The summed E-state index contributed by atoms with van der Waals surface area (Å²) < 4.78 is 28.7. The van der Waals surface area contributed by atoms with E-state index in [9.17, 15) is 8.42 Å². The maximum Gasteiger partial charge on any atom is 0.244 e. The van der Waals surface area contributed by atoms with Crippen LogP contribution in [0.3, 0.4) is 0 Å². The van der Waals surface area contributed by atoms with Gasteiger partial charge in [-0.3, -0.25) is 4.98 Å². The van der Waals surface area contributed by atoms with E-state index in [2.05, 4.69) is 4.98 Å². The first-order valence-corrected chi connectivity index (χ1v) is 10.9. The van der Waals surface area contributed by atoms with Crippen molar-refractivity contribution in [1.29, 1.82) is 0 Å². The van der Waals surface area contributed by atoms with E-state index in [0.29, 0.717) is 11.4 Å². The van der Waals surface area contributed by atoms with Gasteiger partial charge in [0.1, 0.15) is 0 Å². The quantitative estimate of drug-likeness (QED) is 0.477. The number of fused-ring (bicyclic) bond motifs is 1. The first kappa shape index (κ1) is 17.9. The van der Waals surface area contributed by atoms with Crippen molar-refractivity contribution >= 4 is 32.1 Å². The molecule has 4 nitrogen and oxygen atoms in total. The number of thiophene rings is 1. The third-order valence-electron chi connectivity index (χ3n) is 4.37. The minimum absolute atomic E-state index is 0.224. The second kappa shape index (κ2) is 7.60. The summed E-state index contributed by atoms with van der Waals surface area (Å²) in [7, 11) is -3.70. The molecule has 4 rings (SSSR count). The Morgan fingerprint density at radius 1 is 0.889 bits per heavy atom. The highest BCUT2D eigenvalue weighted by Gasteiger charge is 2.27. The predicted octanol–water partition coefficient (Wildman–Crippen LogP) is 4.69. The summed E-state index contributed by atoms with van der Waals surface area (Å²) >= 11 is 1.56. The smallest absolute Gasteiger partial charge is 0.244 e. The highest BCUT2D eigenvalue weighted by Crippen LogP contribution is 2.28. The number of hydrogen-bond donors (Lipinski definition) is 0. The minimum atomic E-state index is -3.70. The van der Waals surface area contributed by atoms with Gasteiger partial charge in [0, 0.05) is 18.1 Å². The molecule has 0 saturated heterocycles. The van der Waals surface area contributed by atoms with Crippen molar-refractivity contribution in [3.63, 3.8) is 0 Å². The topological polar surface area (TPSA) is 50.3 Å². The van der Waals surface area contributed by atoms with Gasteiger partial charge in [0.05, 0.1) is 17.1 Å². The SMILES string of the molecule is O=S(=O)(c1cccc2ccccc12)N(Cc1ccsc1)Cc1ccccn1. The second-order valence-electron chi connectivity index (χ2n) is 6.20. The largest absolute Gasteiger partial charge is 0.260 e. The van der Waals surface area contributed by atoms with E-state index in [4.69, 9.17) is 0 Å². The van der Waals surface area contributed by atoms with Gasteiger partial charge in [-0.25, -0.2) is 8.42 Å². The predicted molar refractivity (Wildman–Crippen MR) is 109 cm³/mol. The number of aromatic nitrogens is 1. The molecule has 0 radical (unpaired) electrons. The molecule has 0 fully saturated rings. The van der Waals surface area contributed by atoms with E-state index >= 15 is 0 Å². The summed E-state index contributed by atoms with van der Waals surface area (Å²) in [6, 6.07) is 20.4. The molecule has 2 aromatic heterocycles. The number of nitrogens with zero attached hydrogens (tertiary/aromatic N) is 2. The molecule has 0 aliphatic carbocycles. The molecule has 27 heavy (non-hydrogen) atoms. The average Bonchev–Trinajstić information content (AvgIpc) is 3.21. The summed E-state index contributed by atoms with van der Waals surface area (Å²) in [5.74, 6) is 0. The van der Waals surface area contributed by atoms with Crippen molar-refractivity contribution in [2.45, 2.75) is 18.0 Å². The normalized spacial score (nSPS) is 11.9. The van der Waals surface area contributed by atoms with Gasteiger partial charge in [0.2, 0.25) is 10.0 Å². The molecule has 6 heteroatoms. The van der Waals surface area contributed by atoms with Gasteiger partial charge in [0.15, 0.2) is 0 Å². The Morgan fingerprint density at radius 3 is 2.48 bits per heavy atom. The van der Waals surface area contributed by atoms with Gasteiger partial charge in [0.25, 0.3) is 0 Å². The molecular formula is C21H18N2O2S2. The lowest BCUT2D eigenvalue weighted by atomic mass is 10.1. The molecule has 0 atom stereocenters. The van der Waals surface area contributed by atoms with Crippen molar-refractivity contribution in [2.24, 2.45) is 0 Å². The molecule has 0 unspecified atom stereocenters. The zero-order chi connectivity index (χ0) is 18.7. The highest BCUT2D eigenvalue weighted by molar-refractivity contribution is 7.89. The van der Waals surface area contributed by atoms with Gasteiger partial charge in [-0.2, -0.15) is 15.6 Å². The van der Waals surface area contributed by atoms with Crippen LogP contribution in [0.4, 0.5) is 0 Å². The molecule has 2 heterocycles. The molecule has 2 aromatic carbocycles. The lowest BCUT2D eigenvalue weighted by Crippen LogP contribution is -2.30. The Balaban J connectivity index is 1.79. The van der Waals surface area contributed by atoms with Crippen LogP contribution >= 0.6 is 11.3 Å². The van der Waals surface area contributed by atoms with Crippen molar-refractivity contribution in [1.82, 2.24) is 9.29 Å². The fourth-order valence-electron chi connectivity index (χ4n) is 3.04. The summed E-state index contributed by atoms with van der Waals surface area (Å²) in [6.45, 7) is 0.536. The Kier molecular flexibility index (Phi) is 5.03. The van der Waals surface area contributed by atoms with Crippen LogP contribution in [0.5, 0.6) is 0 Å². The first-order chi connectivity index (χ1) is 13.1. The van der Waals surface area contributed by atoms with E-state index in [0.717, 1.165) is 22.0 Å². The van der Waals surface area contributed by atoms with E-state index in [-0.39, 0.29) is 6.54 Å². The zero-order valence-electron chi connectivity index (χ0n) is 14.5. The van der Waals surface area contributed by atoms with Crippen LogP contribution < -0.4 is 0 Å². The Bertz CT molecular complexity index is 1140.